The Morgan fingerprint density at radius 1 is 1.00 bits per heavy atom. The molecule has 0 unspecified atom stereocenters. The highest BCUT2D eigenvalue weighted by atomic mass is 32.2. The molecule has 0 bridgehead atoms. The molecule has 0 spiro atoms. The molecule has 0 saturated carbocycles. The Morgan fingerprint density at radius 3 is 2.23 bits per heavy atom. The van der Waals surface area contributed by atoms with Crippen LogP contribution in [0.1, 0.15) is 6.42 Å². The van der Waals surface area contributed by atoms with Crippen LogP contribution in [0.5, 0.6) is 0 Å². The number of para-hydroxylation sites is 1. The quantitative estimate of drug-likeness (QED) is 0.486. The average Bonchev–Trinajstić information content (AvgIpc) is 2.53. The molecule has 0 aliphatic heterocycles. The standard InChI is InChI=1S/C16H19N3O2S/c17-16(19-14-8-3-1-4-9-14)18-12-7-13-22(20,21)15-10-5-2-6-11-15/h1-6,8-11H,7,12-13H2,(H3,17,18,19). The van der Waals surface area contributed by atoms with Crippen LogP contribution in [-0.4, -0.2) is 26.7 Å². The summed E-state index contributed by atoms with van der Waals surface area (Å²) >= 11 is 0. The number of sulfone groups is 1. The minimum absolute atomic E-state index is 0.0547. The minimum Gasteiger partial charge on any atom is -0.370 e. The second kappa shape index (κ2) is 7.61. The summed E-state index contributed by atoms with van der Waals surface area (Å²) in [6.07, 6.45) is 0.425. The SMILES string of the molecule is NC(=NCCCS(=O)(=O)c1ccccc1)Nc1ccccc1. The van der Waals surface area contributed by atoms with Crippen molar-refractivity contribution in [3.8, 4) is 0 Å². The second-order valence-corrected chi connectivity index (χ2v) is 6.85. The molecule has 5 nitrogen and oxygen atoms in total. The fourth-order valence-corrected chi connectivity index (χ4v) is 3.23. The van der Waals surface area contributed by atoms with E-state index >= 15 is 0 Å². The van der Waals surface area contributed by atoms with Gasteiger partial charge in [0.15, 0.2) is 15.8 Å². The molecule has 0 aliphatic carbocycles. The van der Waals surface area contributed by atoms with Crippen molar-refractivity contribution < 1.29 is 8.42 Å². The molecule has 0 heterocycles. The highest BCUT2D eigenvalue weighted by molar-refractivity contribution is 7.91. The molecule has 116 valence electrons. The summed E-state index contributed by atoms with van der Waals surface area (Å²) in [5.74, 6) is 0.336. The Labute approximate surface area is 130 Å². The van der Waals surface area contributed by atoms with Crippen molar-refractivity contribution in [2.75, 3.05) is 17.6 Å². The predicted molar refractivity (Wildman–Crippen MR) is 89.7 cm³/mol. The number of hydrogen-bond donors (Lipinski definition) is 2. The van der Waals surface area contributed by atoms with Crippen LogP contribution < -0.4 is 11.1 Å². The third kappa shape index (κ3) is 4.89. The van der Waals surface area contributed by atoms with Crippen molar-refractivity contribution in [3.63, 3.8) is 0 Å². The zero-order chi connectivity index (χ0) is 15.8. The van der Waals surface area contributed by atoms with Crippen LogP contribution in [0.15, 0.2) is 70.6 Å². The van der Waals surface area contributed by atoms with Gasteiger partial charge in [-0.25, -0.2) is 8.42 Å². The molecule has 2 aromatic carbocycles. The van der Waals surface area contributed by atoms with Crippen molar-refractivity contribution in [1.82, 2.24) is 0 Å². The van der Waals surface area contributed by atoms with Gasteiger partial charge in [-0.3, -0.25) is 4.99 Å². The Hall–Kier alpha value is -2.34. The van der Waals surface area contributed by atoms with E-state index in [1.165, 1.54) is 0 Å². The van der Waals surface area contributed by atoms with Gasteiger partial charge in [-0.15, -0.1) is 0 Å². The van der Waals surface area contributed by atoms with E-state index in [1.54, 1.807) is 30.3 Å². The smallest absolute Gasteiger partial charge is 0.193 e. The molecular formula is C16H19N3O2S. The molecule has 0 fully saturated rings. The Kier molecular flexibility index (Phi) is 5.55. The second-order valence-electron chi connectivity index (χ2n) is 4.74. The highest BCUT2D eigenvalue weighted by Crippen LogP contribution is 2.11. The molecule has 0 aromatic heterocycles. The first-order chi connectivity index (χ1) is 10.6. The Morgan fingerprint density at radius 2 is 1.59 bits per heavy atom. The third-order valence-electron chi connectivity index (χ3n) is 3.00. The van der Waals surface area contributed by atoms with Crippen molar-refractivity contribution in [3.05, 3.63) is 60.7 Å². The van der Waals surface area contributed by atoms with Crippen molar-refractivity contribution in [2.45, 2.75) is 11.3 Å². The lowest BCUT2D eigenvalue weighted by atomic mass is 10.3. The van der Waals surface area contributed by atoms with Crippen LogP contribution in [0.4, 0.5) is 5.69 Å². The summed E-state index contributed by atoms with van der Waals surface area (Å²) in [6.45, 7) is 0.359. The maximum absolute atomic E-state index is 12.1. The van der Waals surface area contributed by atoms with E-state index in [2.05, 4.69) is 10.3 Å². The maximum atomic E-state index is 12.1. The number of anilines is 1. The van der Waals surface area contributed by atoms with Crippen LogP contribution in [-0.2, 0) is 9.84 Å². The molecule has 0 atom stereocenters. The fourth-order valence-electron chi connectivity index (χ4n) is 1.91. The summed E-state index contributed by atoms with van der Waals surface area (Å²) < 4.78 is 24.1. The van der Waals surface area contributed by atoms with Gasteiger partial charge in [-0.2, -0.15) is 0 Å². The van der Waals surface area contributed by atoms with Gasteiger partial charge in [0.1, 0.15) is 0 Å². The molecule has 2 aromatic rings. The Balaban J connectivity index is 1.82. The zero-order valence-electron chi connectivity index (χ0n) is 12.1. The van der Waals surface area contributed by atoms with Crippen LogP contribution in [0.2, 0.25) is 0 Å². The predicted octanol–water partition coefficient (Wildman–Crippen LogP) is 2.28. The molecule has 2 rings (SSSR count). The average molecular weight is 317 g/mol. The number of nitrogens with zero attached hydrogens (tertiary/aromatic N) is 1. The van der Waals surface area contributed by atoms with Crippen LogP contribution in [0.3, 0.4) is 0 Å². The lowest BCUT2D eigenvalue weighted by molar-refractivity contribution is 0.593. The van der Waals surface area contributed by atoms with Crippen molar-refractivity contribution in [1.29, 1.82) is 0 Å². The fraction of sp³-hybridized carbons (Fsp3) is 0.188. The zero-order valence-corrected chi connectivity index (χ0v) is 13.0. The van der Waals surface area contributed by atoms with E-state index in [9.17, 15) is 8.42 Å². The van der Waals surface area contributed by atoms with Gasteiger partial charge < -0.3 is 11.1 Å². The molecule has 22 heavy (non-hydrogen) atoms. The molecule has 0 saturated heterocycles. The molecule has 0 amide bonds. The van der Waals surface area contributed by atoms with Gasteiger partial charge in [0, 0.05) is 12.2 Å². The van der Waals surface area contributed by atoms with Gasteiger partial charge in [-0.1, -0.05) is 36.4 Å². The van der Waals surface area contributed by atoms with Gasteiger partial charge in [-0.05, 0) is 30.7 Å². The van der Waals surface area contributed by atoms with E-state index in [-0.39, 0.29) is 11.7 Å². The first-order valence-corrected chi connectivity index (χ1v) is 8.63. The van der Waals surface area contributed by atoms with Crippen molar-refractivity contribution in [2.24, 2.45) is 10.7 Å². The largest absolute Gasteiger partial charge is 0.370 e. The first-order valence-electron chi connectivity index (χ1n) is 6.98. The number of hydrogen-bond acceptors (Lipinski definition) is 3. The first kappa shape index (κ1) is 16.0. The highest BCUT2D eigenvalue weighted by Gasteiger charge is 2.12. The maximum Gasteiger partial charge on any atom is 0.193 e. The van der Waals surface area contributed by atoms with Gasteiger partial charge in [0.2, 0.25) is 0 Å². The van der Waals surface area contributed by atoms with Crippen LogP contribution in [0.25, 0.3) is 0 Å². The number of benzene rings is 2. The monoisotopic (exact) mass is 317 g/mol. The lowest BCUT2D eigenvalue weighted by Crippen LogP contribution is -2.23. The number of rotatable bonds is 6. The minimum atomic E-state index is -3.25. The van der Waals surface area contributed by atoms with E-state index in [0.29, 0.717) is 17.9 Å². The number of guanidine groups is 1. The van der Waals surface area contributed by atoms with Crippen LogP contribution >= 0.6 is 0 Å². The van der Waals surface area contributed by atoms with Crippen LogP contribution in [0, 0.1) is 0 Å². The molecule has 3 N–H and O–H groups in total. The summed E-state index contributed by atoms with van der Waals surface area (Å²) in [5.41, 5.74) is 6.60. The molecule has 0 radical (unpaired) electrons. The molecule has 0 aliphatic rings. The summed E-state index contributed by atoms with van der Waals surface area (Å²) in [4.78, 5) is 4.48. The van der Waals surface area contributed by atoms with Gasteiger partial charge >= 0.3 is 0 Å². The van der Waals surface area contributed by atoms with Gasteiger partial charge in [0.25, 0.3) is 0 Å². The normalized spacial score (nSPS) is 12.1. The molecular weight excluding hydrogens is 298 g/mol. The van der Waals surface area contributed by atoms with E-state index in [1.807, 2.05) is 30.3 Å². The van der Waals surface area contributed by atoms with E-state index < -0.39 is 9.84 Å². The summed E-state index contributed by atoms with van der Waals surface area (Å²) in [5, 5.41) is 2.95. The number of nitrogens with two attached hydrogens (primary N) is 1. The topological polar surface area (TPSA) is 84.5 Å². The van der Waals surface area contributed by atoms with Gasteiger partial charge in [0.05, 0.1) is 10.6 Å². The van der Waals surface area contributed by atoms with E-state index in [4.69, 9.17) is 5.73 Å². The lowest BCUT2D eigenvalue weighted by Gasteiger charge is -2.05. The molecule has 6 heteroatoms. The number of nitrogens with one attached hydrogen (secondary N) is 1. The third-order valence-corrected chi connectivity index (χ3v) is 4.82. The summed E-state index contributed by atoms with van der Waals surface area (Å²) in [7, 11) is -3.25. The van der Waals surface area contributed by atoms with Crippen molar-refractivity contribution >= 4 is 21.5 Å². The number of aliphatic imine (C=N–C) groups is 1. The van der Waals surface area contributed by atoms with E-state index in [0.717, 1.165) is 5.69 Å². The summed E-state index contributed by atoms with van der Waals surface area (Å²) in [6, 6.07) is 17.9. The Bertz CT molecular complexity index is 714.